The van der Waals surface area contributed by atoms with Crippen molar-refractivity contribution in [3.8, 4) is 11.6 Å². The van der Waals surface area contributed by atoms with E-state index in [2.05, 4.69) is 20.6 Å². The van der Waals surface area contributed by atoms with Crippen LogP contribution in [0.4, 0.5) is 5.69 Å². The van der Waals surface area contributed by atoms with Crippen LogP contribution in [-0.4, -0.2) is 25.8 Å². The van der Waals surface area contributed by atoms with Crippen molar-refractivity contribution < 1.29 is 9.32 Å². The Hall–Kier alpha value is -3.52. The Labute approximate surface area is 155 Å². The Morgan fingerprint density at radius 2 is 1.96 bits per heavy atom. The fourth-order valence-electron chi connectivity index (χ4n) is 2.91. The third-order valence-corrected chi connectivity index (χ3v) is 4.12. The highest BCUT2D eigenvalue weighted by Crippen LogP contribution is 2.27. The molecule has 0 unspecified atom stereocenters. The molecular weight excluding hydrogens is 344 g/mol. The molecule has 0 saturated carbocycles. The molecular formula is C19H18N6O2. The zero-order valence-electron chi connectivity index (χ0n) is 14.7. The van der Waals surface area contributed by atoms with E-state index in [0.29, 0.717) is 24.0 Å². The molecule has 0 fully saturated rings. The second-order valence-corrected chi connectivity index (χ2v) is 6.12. The van der Waals surface area contributed by atoms with Crippen LogP contribution in [0.15, 0.2) is 53.1 Å². The Kier molecular flexibility index (Phi) is 4.39. The first-order chi connectivity index (χ1) is 13.1. The van der Waals surface area contributed by atoms with Gasteiger partial charge in [0.15, 0.2) is 11.5 Å². The molecule has 0 atom stereocenters. The fourth-order valence-corrected chi connectivity index (χ4v) is 2.91. The predicted molar refractivity (Wildman–Crippen MR) is 101 cm³/mol. The minimum atomic E-state index is -0.0955. The molecule has 2 aromatic heterocycles. The summed E-state index contributed by atoms with van der Waals surface area (Å²) in [5, 5.41) is 12.2. The monoisotopic (exact) mass is 362 g/mol. The summed E-state index contributed by atoms with van der Waals surface area (Å²) in [5.41, 5.74) is 8.98. The molecule has 4 rings (SSSR count). The van der Waals surface area contributed by atoms with Crippen LogP contribution >= 0.6 is 0 Å². The van der Waals surface area contributed by atoms with Gasteiger partial charge in [0.25, 0.3) is 5.89 Å². The number of anilines is 1. The number of rotatable bonds is 5. The lowest BCUT2D eigenvalue weighted by molar-refractivity contribution is -0.114. The molecule has 2 aromatic carbocycles. The first kappa shape index (κ1) is 16.9. The average molecular weight is 362 g/mol. The number of hydrogen-bond donors (Lipinski definition) is 2. The van der Waals surface area contributed by atoms with Gasteiger partial charge < -0.3 is 15.6 Å². The van der Waals surface area contributed by atoms with Crippen molar-refractivity contribution in [3.05, 3.63) is 59.9 Å². The van der Waals surface area contributed by atoms with Gasteiger partial charge in [-0.2, -0.15) is 10.1 Å². The van der Waals surface area contributed by atoms with Crippen LogP contribution in [0.5, 0.6) is 0 Å². The number of carbonyl (C=O) groups is 1. The highest BCUT2D eigenvalue weighted by atomic mass is 16.5. The van der Waals surface area contributed by atoms with Crippen LogP contribution in [0, 0.1) is 0 Å². The van der Waals surface area contributed by atoms with E-state index in [9.17, 15) is 4.79 Å². The number of aromatic nitrogens is 4. The molecule has 8 heteroatoms. The van der Waals surface area contributed by atoms with Crippen LogP contribution in [0.1, 0.15) is 18.3 Å². The number of carbonyl (C=O) groups excluding carboxylic acids is 1. The van der Waals surface area contributed by atoms with Gasteiger partial charge in [0.05, 0.1) is 18.6 Å². The number of nitrogens with two attached hydrogens (primary N) is 1. The van der Waals surface area contributed by atoms with E-state index in [1.807, 2.05) is 53.2 Å². The van der Waals surface area contributed by atoms with Gasteiger partial charge in [-0.05, 0) is 23.8 Å². The van der Waals surface area contributed by atoms with Crippen LogP contribution in [-0.2, 0) is 17.9 Å². The second kappa shape index (κ2) is 7.00. The summed E-state index contributed by atoms with van der Waals surface area (Å²) in [5.74, 6) is 0.700. The van der Waals surface area contributed by atoms with Crippen LogP contribution in [0.3, 0.4) is 0 Å². The van der Waals surface area contributed by atoms with Gasteiger partial charge >= 0.3 is 0 Å². The van der Waals surface area contributed by atoms with Gasteiger partial charge in [-0.1, -0.05) is 35.5 Å². The maximum absolute atomic E-state index is 11.1. The van der Waals surface area contributed by atoms with Crippen molar-refractivity contribution in [2.45, 2.75) is 20.0 Å². The third-order valence-electron chi connectivity index (χ3n) is 4.12. The largest absolute Gasteiger partial charge is 0.332 e. The maximum Gasteiger partial charge on any atom is 0.279 e. The first-order valence-corrected chi connectivity index (χ1v) is 8.49. The molecule has 0 spiro atoms. The number of para-hydroxylation sites is 1. The lowest BCUT2D eigenvalue weighted by Gasteiger charge is -2.06. The Morgan fingerprint density at radius 3 is 2.67 bits per heavy atom. The van der Waals surface area contributed by atoms with E-state index >= 15 is 0 Å². The fraction of sp³-hybridized carbons (Fsp3) is 0.158. The van der Waals surface area contributed by atoms with Crippen LogP contribution in [0.25, 0.3) is 22.5 Å². The number of fused-ring (bicyclic) bond motifs is 1. The predicted octanol–water partition coefficient (Wildman–Crippen LogP) is 2.55. The summed E-state index contributed by atoms with van der Waals surface area (Å²) in [6, 6.07) is 15.5. The summed E-state index contributed by atoms with van der Waals surface area (Å²) in [6.07, 6.45) is 0. The van der Waals surface area contributed by atoms with E-state index in [-0.39, 0.29) is 12.5 Å². The molecule has 4 aromatic rings. The van der Waals surface area contributed by atoms with Crippen molar-refractivity contribution in [2.75, 3.05) is 5.32 Å². The molecule has 8 nitrogen and oxygen atoms in total. The van der Waals surface area contributed by atoms with Crippen molar-refractivity contribution in [1.29, 1.82) is 0 Å². The summed E-state index contributed by atoms with van der Waals surface area (Å²) < 4.78 is 7.20. The van der Waals surface area contributed by atoms with Crippen molar-refractivity contribution in [3.63, 3.8) is 0 Å². The SMILES string of the molecule is CC(=O)Nc1ccc(Cn2nc(-c3nc(CN)no3)c3ccccc32)cc1. The summed E-state index contributed by atoms with van der Waals surface area (Å²) in [4.78, 5) is 15.4. The molecule has 136 valence electrons. The highest BCUT2D eigenvalue weighted by Gasteiger charge is 2.17. The molecule has 2 heterocycles. The lowest BCUT2D eigenvalue weighted by atomic mass is 10.2. The van der Waals surface area contributed by atoms with Gasteiger partial charge in [-0.15, -0.1) is 0 Å². The van der Waals surface area contributed by atoms with Crippen molar-refractivity contribution in [2.24, 2.45) is 5.73 Å². The topological polar surface area (TPSA) is 112 Å². The van der Waals surface area contributed by atoms with E-state index in [1.54, 1.807) is 0 Å². The van der Waals surface area contributed by atoms with Crippen molar-refractivity contribution >= 4 is 22.5 Å². The third kappa shape index (κ3) is 3.42. The molecule has 0 aliphatic heterocycles. The normalized spacial score (nSPS) is 11.0. The average Bonchev–Trinajstić information content (AvgIpc) is 3.28. The molecule has 0 saturated heterocycles. The minimum absolute atomic E-state index is 0.0955. The zero-order chi connectivity index (χ0) is 18.8. The molecule has 0 bridgehead atoms. The standard InChI is InChI=1S/C19H18N6O2/c1-12(26)21-14-8-6-13(7-9-14)11-25-16-5-3-2-4-15(16)18(23-25)19-22-17(10-20)24-27-19/h2-9H,10-11,20H2,1H3,(H,21,26). The summed E-state index contributed by atoms with van der Waals surface area (Å²) >= 11 is 0. The summed E-state index contributed by atoms with van der Waals surface area (Å²) in [6.45, 7) is 2.26. The Bertz CT molecular complexity index is 1100. The second-order valence-electron chi connectivity index (χ2n) is 6.12. The molecule has 0 radical (unpaired) electrons. The zero-order valence-corrected chi connectivity index (χ0v) is 14.7. The molecule has 3 N–H and O–H groups in total. The van der Waals surface area contributed by atoms with Crippen molar-refractivity contribution in [1.82, 2.24) is 19.9 Å². The van der Waals surface area contributed by atoms with E-state index in [4.69, 9.17) is 10.3 Å². The van der Waals surface area contributed by atoms with Gasteiger partial charge in [-0.3, -0.25) is 9.48 Å². The number of nitrogens with one attached hydrogen (secondary N) is 1. The number of benzene rings is 2. The van der Waals surface area contributed by atoms with Gasteiger partial charge in [0, 0.05) is 18.0 Å². The van der Waals surface area contributed by atoms with E-state index in [0.717, 1.165) is 22.2 Å². The minimum Gasteiger partial charge on any atom is -0.332 e. The summed E-state index contributed by atoms with van der Waals surface area (Å²) in [7, 11) is 0. The number of nitrogens with zero attached hydrogens (tertiary/aromatic N) is 4. The molecule has 1 amide bonds. The Morgan fingerprint density at radius 1 is 1.19 bits per heavy atom. The molecule has 27 heavy (non-hydrogen) atoms. The first-order valence-electron chi connectivity index (χ1n) is 8.49. The lowest BCUT2D eigenvalue weighted by Crippen LogP contribution is -2.06. The quantitative estimate of drug-likeness (QED) is 0.564. The van der Waals surface area contributed by atoms with Crippen LogP contribution in [0.2, 0.25) is 0 Å². The molecule has 0 aliphatic carbocycles. The highest BCUT2D eigenvalue weighted by molar-refractivity contribution is 5.91. The van der Waals surface area contributed by atoms with Crippen LogP contribution < -0.4 is 11.1 Å². The number of amides is 1. The van der Waals surface area contributed by atoms with Gasteiger partial charge in [0.1, 0.15) is 0 Å². The Balaban J connectivity index is 1.69. The number of hydrogen-bond acceptors (Lipinski definition) is 6. The smallest absolute Gasteiger partial charge is 0.279 e. The van der Waals surface area contributed by atoms with Gasteiger partial charge in [0.2, 0.25) is 5.91 Å². The van der Waals surface area contributed by atoms with E-state index in [1.165, 1.54) is 6.92 Å². The van der Waals surface area contributed by atoms with Gasteiger partial charge in [-0.25, -0.2) is 0 Å². The maximum atomic E-state index is 11.1. The van der Waals surface area contributed by atoms with E-state index < -0.39 is 0 Å². The molecule has 0 aliphatic rings.